The van der Waals surface area contributed by atoms with Gasteiger partial charge in [-0.05, 0) is 56.8 Å². The Labute approximate surface area is 150 Å². The van der Waals surface area contributed by atoms with Crippen LogP contribution in [0.4, 0.5) is 10.5 Å². The average Bonchev–Trinajstić information content (AvgIpc) is 2.56. The second-order valence-corrected chi connectivity index (χ2v) is 6.37. The molecule has 0 bridgehead atoms. The summed E-state index contributed by atoms with van der Waals surface area (Å²) in [6.07, 6.45) is 0. The second-order valence-electron chi connectivity index (χ2n) is 6.37. The number of nitrogens with zero attached hydrogens (tertiary/aromatic N) is 1. The molecule has 0 spiro atoms. The summed E-state index contributed by atoms with van der Waals surface area (Å²) < 4.78 is 5.72. The maximum absolute atomic E-state index is 12.2. The molecule has 2 N–H and O–H groups in total. The first-order valence-corrected chi connectivity index (χ1v) is 8.43. The quantitative estimate of drug-likeness (QED) is 0.809. The van der Waals surface area contributed by atoms with Gasteiger partial charge in [0.15, 0.2) is 0 Å². The highest BCUT2D eigenvalue weighted by Gasteiger charge is 2.07. The van der Waals surface area contributed by atoms with E-state index in [1.54, 1.807) is 0 Å². The number of carbonyl (C=O) groups excluding carboxylic acids is 1. The second kappa shape index (κ2) is 9.08. The number of aryl methyl sites for hydroxylation is 2. The number of nitrogens with one attached hydrogen (secondary N) is 2. The summed E-state index contributed by atoms with van der Waals surface area (Å²) in [5.74, 6) is 0.816. The van der Waals surface area contributed by atoms with Crippen LogP contribution in [0.2, 0.25) is 0 Å². The van der Waals surface area contributed by atoms with Crippen molar-refractivity contribution in [1.82, 2.24) is 10.2 Å². The maximum Gasteiger partial charge on any atom is 0.319 e. The van der Waals surface area contributed by atoms with E-state index in [0.717, 1.165) is 34.7 Å². The highest BCUT2D eigenvalue weighted by molar-refractivity contribution is 5.90. The standard InChI is InChI=1S/C20H27N3O2/c1-15-7-5-8-16(2)19(15)22-20(24)21-14-17-9-6-10-18(13-17)25-12-11-23(3)4/h5-10,13H,11-12,14H2,1-4H3,(H2,21,22,24). The van der Waals surface area contributed by atoms with Crippen molar-refractivity contribution in [3.05, 3.63) is 59.2 Å². The van der Waals surface area contributed by atoms with Gasteiger partial charge in [-0.2, -0.15) is 0 Å². The Balaban J connectivity index is 1.87. The first-order chi connectivity index (χ1) is 12.0. The third-order valence-electron chi connectivity index (χ3n) is 3.88. The number of urea groups is 1. The molecular weight excluding hydrogens is 314 g/mol. The molecule has 5 heteroatoms. The summed E-state index contributed by atoms with van der Waals surface area (Å²) >= 11 is 0. The van der Waals surface area contributed by atoms with Crippen molar-refractivity contribution >= 4 is 11.7 Å². The summed E-state index contributed by atoms with van der Waals surface area (Å²) in [4.78, 5) is 14.2. The number of para-hydroxylation sites is 1. The smallest absolute Gasteiger partial charge is 0.319 e. The fraction of sp³-hybridized carbons (Fsp3) is 0.350. The molecule has 0 heterocycles. The lowest BCUT2D eigenvalue weighted by molar-refractivity contribution is 0.251. The molecule has 0 fully saturated rings. The summed E-state index contributed by atoms with van der Waals surface area (Å²) in [5.41, 5.74) is 3.96. The number of hydrogen-bond acceptors (Lipinski definition) is 3. The van der Waals surface area contributed by atoms with Crippen molar-refractivity contribution in [2.45, 2.75) is 20.4 Å². The van der Waals surface area contributed by atoms with E-state index in [-0.39, 0.29) is 6.03 Å². The molecule has 2 aromatic carbocycles. The van der Waals surface area contributed by atoms with Crippen LogP contribution in [0.25, 0.3) is 0 Å². The number of ether oxygens (including phenoxy) is 1. The van der Waals surface area contributed by atoms with Crippen LogP contribution in [-0.2, 0) is 6.54 Å². The van der Waals surface area contributed by atoms with Gasteiger partial charge in [-0.25, -0.2) is 4.79 Å². The van der Waals surface area contributed by atoms with Gasteiger partial charge in [-0.15, -0.1) is 0 Å². The minimum Gasteiger partial charge on any atom is -0.492 e. The van der Waals surface area contributed by atoms with Crippen molar-refractivity contribution in [3.63, 3.8) is 0 Å². The van der Waals surface area contributed by atoms with Gasteiger partial charge in [0.25, 0.3) is 0 Å². The molecule has 0 aliphatic rings. The summed E-state index contributed by atoms with van der Waals surface area (Å²) in [6, 6.07) is 13.5. The summed E-state index contributed by atoms with van der Waals surface area (Å²) in [7, 11) is 4.02. The first-order valence-electron chi connectivity index (χ1n) is 8.43. The van der Waals surface area contributed by atoms with Crippen molar-refractivity contribution in [1.29, 1.82) is 0 Å². The molecule has 0 unspecified atom stereocenters. The zero-order valence-electron chi connectivity index (χ0n) is 15.4. The lowest BCUT2D eigenvalue weighted by atomic mass is 10.1. The van der Waals surface area contributed by atoms with Gasteiger partial charge in [-0.1, -0.05) is 30.3 Å². The van der Waals surface area contributed by atoms with Crippen molar-refractivity contribution in [2.24, 2.45) is 0 Å². The molecule has 25 heavy (non-hydrogen) atoms. The molecule has 5 nitrogen and oxygen atoms in total. The highest BCUT2D eigenvalue weighted by atomic mass is 16.5. The van der Waals surface area contributed by atoms with E-state index in [9.17, 15) is 4.79 Å². The molecule has 2 aromatic rings. The molecule has 0 radical (unpaired) electrons. The third kappa shape index (κ3) is 6.12. The summed E-state index contributed by atoms with van der Waals surface area (Å²) in [5, 5.41) is 5.81. The average molecular weight is 341 g/mol. The minimum absolute atomic E-state index is 0.212. The van der Waals surface area contributed by atoms with Crippen LogP contribution < -0.4 is 15.4 Å². The van der Waals surface area contributed by atoms with E-state index < -0.39 is 0 Å². The van der Waals surface area contributed by atoms with Crippen LogP contribution in [0, 0.1) is 13.8 Å². The minimum atomic E-state index is -0.212. The predicted octanol–water partition coefficient (Wildman–Crippen LogP) is 3.57. The molecule has 0 aliphatic heterocycles. The van der Waals surface area contributed by atoms with Gasteiger partial charge in [0.05, 0.1) is 0 Å². The molecule has 0 saturated heterocycles. The molecule has 0 aromatic heterocycles. The normalized spacial score (nSPS) is 10.6. The third-order valence-corrected chi connectivity index (χ3v) is 3.88. The first kappa shape index (κ1) is 18.8. The SMILES string of the molecule is Cc1cccc(C)c1NC(=O)NCc1cccc(OCCN(C)C)c1. The van der Waals surface area contributed by atoms with Crippen molar-refractivity contribution in [3.8, 4) is 5.75 Å². The fourth-order valence-corrected chi connectivity index (χ4v) is 2.44. The van der Waals surface area contributed by atoms with E-state index in [2.05, 4.69) is 15.5 Å². The lowest BCUT2D eigenvalue weighted by Gasteiger charge is -2.13. The number of rotatable bonds is 7. The summed E-state index contributed by atoms with van der Waals surface area (Å²) in [6.45, 7) is 5.91. The Morgan fingerprint density at radius 3 is 2.44 bits per heavy atom. The van der Waals surface area contributed by atoms with E-state index in [0.29, 0.717) is 13.2 Å². The Hall–Kier alpha value is -2.53. The molecular formula is C20H27N3O2. The topological polar surface area (TPSA) is 53.6 Å². The number of carbonyl (C=O) groups is 1. The van der Waals surface area contributed by atoms with Crippen LogP contribution in [0.1, 0.15) is 16.7 Å². The lowest BCUT2D eigenvalue weighted by Crippen LogP contribution is -2.28. The van der Waals surface area contributed by atoms with Gasteiger partial charge < -0.3 is 20.3 Å². The van der Waals surface area contributed by atoms with Crippen LogP contribution in [-0.4, -0.2) is 38.2 Å². The Kier molecular flexibility index (Phi) is 6.83. The Bertz CT molecular complexity index is 694. The molecule has 0 atom stereocenters. The van der Waals surface area contributed by atoms with Gasteiger partial charge >= 0.3 is 6.03 Å². The van der Waals surface area contributed by atoms with E-state index in [4.69, 9.17) is 4.74 Å². The molecule has 0 aliphatic carbocycles. The largest absolute Gasteiger partial charge is 0.492 e. The van der Waals surface area contributed by atoms with E-state index in [1.807, 2.05) is 70.4 Å². The number of amides is 2. The van der Waals surface area contributed by atoms with Crippen LogP contribution in [0.5, 0.6) is 5.75 Å². The fourth-order valence-electron chi connectivity index (χ4n) is 2.44. The number of anilines is 1. The zero-order chi connectivity index (χ0) is 18.2. The van der Waals surface area contributed by atoms with Crippen LogP contribution in [0.3, 0.4) is 0 Å². The van der Waals surface area contributed by atoms with Gasteiger partial charge in [0.1, 0.15) is 12.4 Å². The zero-order valence-corrected chi connectivity index (χ0v) is 15.4. The maximum atomic E-state index is 12.2. The number of benzene rings is 2. The molecule has 0 saturated carbocycles. The van der Waals surface area contributed by atoms with Crippen LogP contribution in [0.15, 0.2) is 42.5 Å². The van der Waals surface area contributed by atoms with E-state index >= 15 is 0 Å². The molecule has 2 rings (SSSR count). The van der Waals surface area contributed by atoms with Gasteiger partial charge in [0, 0.05) is 18.8 Å². The molecule has 2 amide bonds. The van der Waals surface area contributed by atoms with Crippen molar-refractivity contribution < 1.29 is 9.53 Å². The predicted molar refractivity (Wildman–Crippen MR) is 102 cm³/mol. The Morgan fingerprint density at radius 1 is 1.08 bits per heavy atom. The van der Waals surface area contributed by atoms with Crippen molar-refractivity contribution in [2.75, 3.05) is 32.6 Å². The Morgan fingerprint density at radius 2 is 1.76 bits per heavy atom. The van der Waals surface area contributed by atoms with Gasteiger partial charge in [-0.3, -0.25) is 0 Å². The number of hydrogen-bond donors (Lipinski definition) is 2. The van der Waals surface area contributed by atoms with E-state index in [1.165, 1.54) is 0 Å². The van der Waals surface area contributed by atoms with Gasteiger partial charge in [0.2, 0.25) is 0 Å². The number of likely N-dealkylation sites (N-methyl/N-ethyl adjacent to an activating group) is 1. The monoisotopic (exact) mass is 341 g/mol. The van der Waals surface area contributed by atoms with Crippen LogP contribution >= 0.6 is 0 Å². The molecule has 134 valence electrons. The highest BCUT2D eigenvalue weighted by Crippen LogP contribution is 2.19.